The van der Waals surface area contributed by atoms with Gasteiger partial charge in [0.1, 0.15) is 11.5 Å². The van der Waals surface area contributed by atoms with E-state index >= 15 is 0 Å². The fourth-order valence-electron chi connectivity index (χ4n) is 3.30. The molecule has 0 bridgehead atoms. The summed E-state index contributed by atoms with van der Waals surface area (Å²) >= 11 is 0. The van der Waals surface area contributed by atoms with E-state index in [1.807, 2.05) is 48.5 Å². The van der Waals surface area contributed by atoms with E-state index in [-0.39, 0.29) is 9.79 Å². The number of benzene rings is 4. The van der Waals surface area contributed by atoms with Gasteiger partial charge in [-0.2, -0.15) is 10.2 Å². The number of ether oxygens (including phenoxy) is 2. The summed E-state index contributed by atoms with van der Waals surface area (Å²) in [5, 5.41) is 8.38. The summed E-state index contributed by atoms with van der Waals surface area (Å²) in [6.07, 6.45) is 3.33. The molecule has 0 unspecified atom stereocenters. The van der Waals surface area contributed by atoms with E-state index in [1.54, 1.807) is 75.2 Å². The summed E-state index contributed by atoms with van der Waals surface area (Å²) in [7, 11) is -0.442. The Bertz CT molecular complexity index is 1360. The van der Waals surface area contributed by atoms with Gasteiger partial charge < -0.3 is 9.47 Å². The minimum atomic E-state index is -3.67. The fraction of sp³-hybridized carbons (Fsp3) is 0.0714. The molecule has 0 spiro atoms. The van der Waals surface area contributed by atoms with E-state index in [1.165, 1.54) is 0 Å². The maximum Gasteiger partial charge on any atom is 0.206 e. The Morgan fingerprint density at radius 2 is 0.919 bits per heavy atom. The number of hydrazone groups is 2. The first-order chi connectivity index (χ1) is 18.0. The fourth-order valence-corrected chi connectivity index (χ4v) is 4.56. The van der Waals surface area contributed by atoms with Crippen LogP contribution in [0.1, 0.15) is 11.1 Å². The molecular weight excluding hydrogens is 488 g/mol. The van der Waals surface area contributed by atoms with Gasteiger partial charge in [-0.05, 0) is 108 Å². The average Bonchev–Trinajstić information content (AvgIpc) is 2.94. The van der Waals surface area contributed by atoms with Crippen LogP contribution in [0.15, 0.2) is 117 Å². The summed E-state index contributed by atoms with van der Waals surface area (Å²) in [6, 6.07) is 27.8. The Kier molecular flexibility index (Phi) is 8.17. The third kappa shape index (κ3) is 6.74. The minimum absolute atomic E-state index is 0.190. The van der Waals surface area contributed by atoms with Crippen molar-refractivity contribution in [3.8, 4) is 11.5 Å². The normalized spacial score (nSPS) is 11.5. The lowest BCUT2D eigenvalue weighted by Crippen LogP contribution is -2.02. The molecule has 4 aromatic carbocycles. The minimum Gasteiger partial charge on any atom is -0.497 e. The highest BCUT2D eigenvalue weighted by atomic mass is 32.2. The van der Waals surface area contributed by atoms with Crippen LogP contribution in [0.25, 0.3) is 0 Å². The third-order valence-corrected chi connectivity index (χ3v) is 7.16. The molecule has 0 heterocycles. The number of hydrogen-bond donors (Lipinski definition) is 2. The molecule has 0 saturated carbocycles. The molecule has 0 aliphatic carbocycles. The van der Waals surface area contributed by atoms with Gasteiger partial charge in [0.2, 0.25) is 9.84 Å². The van der Waals surface area contributed by atoms with Gasteiger partial charge in [0.15, 0.2) is 0 Å². The lowest BCUT2D eigenvalue weighted by molar-refractivity contribution is 0.414. The van der Waals surface area contributed by atoms with E-state index in [4.69, 9.17) is 9.47 Å². The highest BCUT2D eigenvalue weighted by molar-refractivity contribution is 7.91. The van der Waals surface area contributed by atoms with Crippen molar-refractivity contribution in [3.05, 3.63) is 108 Å². The van der Waals surface area contributed by atoms with E-state index in [9.17, 15) is 8.42 Å². The molecule has 0 aliphatic heterocycles. The van der Waals surface area contributed by atoms with E-state index < -0.39 is 9.84 Å². The SMILES string of the molecule is COc1ccc(/C=N/Nc2ccc(S(=O)(=O)c3ccc(N/N=C/c4ccc(OC)cc4)cc3)cc2)cc1. The smallest absolute Gasteiger partial charge is 0.206 e. The number of nitrogens with zero attached hydrogens (tertiary/aromatic N) is 2. The van der Waals surface area contributed by atoms with Crippen LogP contribution in [0.5, 0.6) is 11.5 Å². The second-order valence-electron chi connectivity index (χ2n) is 7.84. The van der Waals surface area contributed by atoms with Crippen LogP contribution in [-0.4, -0.2) is 35.1 Å². The molecule has 8 nitrogen and oxygen atoms in total. The van der Waals surface area contributed by atoms with Crippen LogP contribution >= 0.6 is 0 Å². The number of sulfone groups is 1. The van der Waals surface area contributed by atoms with Gasteiger partial charge >= 0.3 is 0 Å². The van der Waals surface area contributed by atoms with Gasteiger partial charge in [0, 0.05) is 0 Å². The maximum absolute atomic E-state index is 13.0. The van der Waals surface area contributed by atoms with Crippen molar-refractivity contribution in [3.63, 3.8) is 0 Å². The molecule has 37 heavy (non-hydrogen) atoms. The molecule has 0 atom stereocenters. The zero-order valence-corrected chi connectivity index (χ0v) is 21.1. The molecule has 188 valence electrons. The number of nitrogens with one attached hydrogen (secondary N) is 2. The Balaban J connectivity index is 1.35. The molecule has 0 aromatic heterocycles. The largest absolute Gasteiger partial charge is 0.497 e. The number of hydrogen-bond acceptors (Lipinski definition) is 8. The quantitative estimate of drug-likeness (QED) is 0.216. The van der Waals surface area contributed by atoms with Crippen molar-refractivity contribution in [2.75, 3.05) is 25.1 Å². The average molecular weight is 515 g/mol. The van der Waals surface area contributed by atoms with E-state index in [0.29, 0.717) is 11.4 Å². The Morgan fingerprint density at radius 3 is 1.24 bits per heavy atom. The Labute approximate surface area is 216 Å². The van der Waals surface area contributed by atoms with Crippen LogP contribution in [0.4, 0.5) is 11.4 Å². The molecule has 4 rings (SSSR count). The van der Waals surface area contributed by atoms with Crippen molar-refractivity contribution < 1.29 is 17.9 Å². The molecule has 0 fully saturated rings. The van der Waals surface area contributed by atoms with Gasteiger partial charge in [-0.15, -0.1) is 0 Å². The first-order valence-corrected chi connectivity index (χ1v) is 12.8. The number of methoxy groups -OCH3 is 2. The summed E-state index contributed by atoms with van der Waals surface area (Å²) in [6.45, 7) is 0. The van der Waals surface area contributed by atoms with Crippen LogP contribution in [0.2, 0.25) is 0 Å². The van der Waals surface area contributed by atoms with Crippen LogP contribution in [0.3, 0.4) is 0 Å². The molecular formula is C28H26N4O4S. The van der Waals surface area contributed by atoms with Gasteiger partial charge in [-0.25, -0.2) is 8.42 Å². The van der Waals surface area contributed by atoms with Crippen LogP contribution in [0, 0.1) is 0 Å². The second kappa shape index (κ2) is 11.9. The highest BCUT2D eigenvalue weighted by Gasteiger charge is 2.17. The number of rotatable bonds is 10. The van der Waals surface area contributed by atoms with Crippen molar-refractivity contribution in [1.82, 2.24) is 0 Å². The van der Waals surface area contributed by atoms with Gasteiger partial charge in [-0.1, -0.05) is 0 Å². The monoisotopic (exact) mass is 514 g/mol. The lowest BCUT2D eigenvalue weighted by atomic mass is 10.2. The Hall–Kier alpha value is -4.63. The molecule has 4 aromatic rings. The number of anilines is 2. The molecule has 0 amide bonds. The zero-order valence-electron chi connectivity index (χ0n) is 20.3. The van der Waals surface area contributed by atoms with Crippen molar-refractivity contribution >= 4 is 33.6 Å². The summed E-state index contributed by atoms with van der Waals surface area (Å²) < 4.78 is 36.3. The second-order valence-corrected chi connectivity index (χ2v) is 9.79. The van der Waals surface area contributed by atoms with Gasteiger partial charge in [-0.3, -0.25) is 10.9 Å². The Morgan fingerprint density at radius 1 is 0.568 bits per heavy atom. The summed E-state index contributed by atoms with van der Waals surface area (Å²) in [5.41, 5.74) is 8.93. The predicted molar refractivity (Wildman–Crippen MR) is 147 cm³/mol. The van der Waals surface area contributed by atoms with Crippen LogP contribution < -0.4 is 20.3 Å². The standard InChI is InChI=1S/C28H26N4O4S/c1-35-25-11-3-21(4-12-25)19-29-31-23-7-15-27(16-8-23)37(33,34)28-17-9-24(10-18-28)32-30-20-22-5-13-26(36-2)14-6-22/h3-20,31-32H,1-2H3/b29-19+,30-20+. The molecule has 0 aliphatic rings. The molecule has 2 N–H and O–H groups in total. The first kappa shape index (κ1) is 25.5. The maximum atomic E-state index is 13.0. The van der Waals surface area contributed by atoms with E-state index in [2.05, 4.69) is 21.1 Å². The van der Waals surface area contributed by atoms with Crippen molar-refractivity contribution in [1.29, 1.82) is 0 Å². The van der Waals surface area contributed by atoms with Crippen molar-refractivity contribution in [2.45, 2.75) is 9.79 Å². The molecule has 9 heteroatoms. The topological polar surface area (TPSA) is 101 Å². The van der Waals surface area contributed by atoms with Gasteiger partial charge in [0.25, 0.3) is 0 Å². The molecule has 0 radical (unpaired) electrons. The lowest BCUT2D eigenvalue weighted by Gasteiger charge is -2.07. The van der Waals surface area contributed by atoms with Crippen LogP contribution in [-0.2, 0) is 9.84 Å². The predicted octanol–water partition coefficient (Wildman–Crippen LogP) is 5.43. The third-order valence-electron chi connectivity index (χ3n) is 5.38. The highest BCUT2D eigenvalue weighted by Crippen LogP contribution is 2.24. The van der Waals surface area contributed by atoms with Gasteiger partial charge in [0.05, 0.1) is 47.8 Å². The van der Waals surface area contributed by atoms with E-state index in [0.717, 1.165) is 22.6 Å². The summed E-state index contributed by atoms with van der Waals surface area (Å²) in [5.74, 6) is 1.54. The zero-order chi connectivity index (χ0) is 26.1. The molecule has 0 saturated heterocycles. The van der Waals surface area contributed by atoms with Crippen molar-refractivity contribution in [2.24, 2.45) is 10.2 Å². The first-order valence-electron chi connectivity index (χ1n) is 11.3. The summed E-state index contributed by atoms with van der Waals surface area (Å²) in [4.78, 5) is 0.380.